The number of aliphatic hydroxyl groups excluding tert-OH is 4. The average molecular weight is 655 g/mol. The van der Waals surface area contributed by atoms with Gasteiger partial charge in [-0.15, -0.1) is 0 Å². The van der Waals surface area contributed by atoms with Crippen LogP contribution < -0.4 is 0 Å². The minimum atomic E-state index is -1.60. The summed E-state index contributed by atoms with van der Waals surface area (Å²) in [5, 5.41) is 39.8. The highest BCUT2D eigenvalue weighted by molar-refractivity contribution is 5.70. The molecule has 6 atom stereocenters. The fraction of sp³-hybridized carbons (Fsp3) is 0.778. The van der Waals surface area contributed by atoms with E-state index in [0.717, 1.165) is 83.5 Å². The third kappa shape index (κ3) is 20.2. The zero-order valence-electron chi connectivity index (χ0n) is 28.3. The van der Waals surface area contributed by atoms with E-state index in [9.17, 15) is 30.0 Å². The molecule has 1 aliphatic rings. The normalized spacial score (nSPS) is 22.6. The second-order valence-electron chi connectivity index (χ2n) is 11.9. The van der Waals surface area contributed by atoms with Gasteiger partial charge < -0.3 is 39.4 Å². The summed E-state index contributed by atoms with van der Waals surface area (Å²) < 4.78 is 21.9. The van der Waals surface area contributed by atoms with Gasteiger partial charge in [0.1, 0.15) is 31.0 Å². The van der Waals surface area contributed by atoms with Crippen LogP contribution in [0.3, 0.4) is 0 Å². The molecule has 1 saturated heterocycles. The van der Waals surface area contributed by atoms with Crippen molar-refractivity contribution in [2.45, 2.75) is 160 Å². The average Bonchev–Trinajstić information content (AvgIpc) is 3.05. The number of aliphatic hydroxyl groups is 4. The molecule has 10 heteroatoms. The van der Waals surface area contributed by atoms with Gasteiger partial charge in [0.15, 0.2) is 12.4 Å². The van der Waals surface area contributed by atoms with Crippen molar-refractivity contribution >= 4 is 11.9 Å². The Bertz CT molecular complexity index is 856. The number of esters is 2. The summed E-state index contributed by atoms with van der Waals surface area (Å²) in [6, 6.07) is 0. The van der Waals surface area contributed by atoms with Crippen molar-refractivity contribution in [1.82, 2.24) is 0 Å². The van der Waals surface area contributed by atoms with E-state index in [1.54, 1.807) is 0 Å². The first-order valence-corrected chi connectivity index (χ1v) is 17.6. The topological polar surface area (TPSA) is 152 Å². The first kappa shape index (κ1) is 41.9. The Labute approximate surface area is 276 Å². The number of hydrogen-bond acceptors (Lipinski definition) is 10. The quantitative estimate of drug-likeness (QED) is 0.0501. The van der Waals surface area contributed by atoms with Crippen LogP contribution in [0.5, 0.6) is 0 Å². The Morgan fingerprint density at radius 2 is 1.22 bits per heavy atom. The smallest absolute Gasteiger partial charge is 0.306 e. The van der Waals surface area contributed by atoms with Gasteiger partial charge in [-0.25, -0.2) is 0 Å². The monoisotopic (exact) mass is 654 g/mol. The van der Waals surface area contributed by atoms with Crippen molar-refractivity contribution < 1.29 is 49.0 Å². The number of allylic oxidation sites excluding steroid dienone is 6. The van der Waals surface area contributed by atoms with Crippen molar-refractivity contribution in [2.75, 3.05) is 19.8 Å². The summed E-state index contributed by atoms with van der Waals surface area (Å²) in [6.45, 7) is 3.14. The number of hydrogen-bond donors (Lipinski definition) is 4. The summed E-state index contributed by atoms with van der Waals surface area (Å²) in [4.78, 5) is 25.0. The van der Waals surface area contributed by atoms with E-state index in [1.165, 1.54) is 0 Å². The summed E-state index contributed by atoms with van der Waals surface area (Å²) in [5.74, 6) is -0.845. The minimum Gasteiger partial charge on any atom is -0.462 e. The summed E-state index contributed by atoms with van der Waals surface area (Å²) in [6.07, 6.45) is 20.4. The van der Waals surface area contributed by atoms with E-state index in [-0.39, 0.29) is 26.1 Å². The molecule has 0 aromatic heterocycles. The Balaban J connectivity index is 2.46. The molecule has 0 aromatic rings. The molecule has 0 aromatic carbocycles. The zero-order valence-corrected chi connectivity index (χ0v) is 28.3. The second kappa shape index (κ2) is 28.0. The maximum Gasteiger partial charge on any atom is 0.306 e. The Morgan fingerprint density at radius 1 is 0.674 bits per heavy atom. The molecule has 1 heterocycles. The van der Waals surface area contributed by atoms with Crippen LogP contribution in [-0.2, 0) is 28.5 Å². The molecular formula is C36H62O10. The van der Waals surface area contributed by atoms with Crippen LogP contribution in [0.4, 0.5) is 0 Å². The molecule has 0 spiro atoms. The number of carbonyl (C=O) groups excluding carboxylic acids is 2. The first-order chi connectivity index (χ1) is 22.3. The molecule has 0 unspecified atom stereocenters. The van der Waals surface area contributed by atoms with Gasteiger partial charge in [0.25, 0.3) is 0 Å². The summed E-state index contributed by atoms with van der Waals surface area (Å²) in [5.41, 5.74) is 0. The van der Waals surface area contributed by atoms with Crippen molar-refractivity contribution in [3.63, 3.8) is 0 Å². The fourth-order valence-electron chi connectivity index (χ4n) is 4.99. The number of carbonyl (C=O) groups is 2. The van der Waals surface area contributed by atoms with Gasteiger partial charge in [-0.3, -0.25) is 9.59 Å². The van der Waals surface area contributed by atoms with Gasteiger partial charge >= 0.3 is 11.9 Å². The Morgan fingerprint density at radius 3 is 1.85 bits per heavy atom. The molecule has 10 nitrogen and oxygen atoms in total. The van der Waals surface area contributed by atoms with Crippen LogP contribution in [0.15, 0.2) is 36.5 Å². The Kier molecular flexibility index (Phi) is 25.5. The number of unbranched alkanes of at least 4 members (excludes halogenated alkanes) is 10. The second-order valence-corrected chi connectivity index (χ2v) is 11.9. The van der Waals surface area contributed by atoms with Gasteiger partial charge in [0, 0.05) is 12.8 Å². The lowest BCUT2D eigenvalue weighted by molar-refractivity contribution is -0.305. The third-order valence-corrected chi connectivity index (χ3v) is 7.77. The lowest BCUT2D eigenvalue weighted by Crippen LogP contribution is -2.59. The molecular weight excluding hydrogens is 592 g/mol. The maximum atomic E-state index is 12.6. The minimum absolute atomic E-state index is 0.211. The van der Waals surface area contributed by atoms with Crippen molar-refractivity contribution in [3.8, 4) is 0 Å². The predicted molar refractivity (Wildman–Crippen MR) is 178 cm³/mol. The highest BCUT2D eigenvalue weighted by atomic mass is 16.7. The molecule has 0 saturated carbocycles. The van der Waals surface area contributed by atoms with E-state index in [0.29, 0.717) is 12.8 Å². The molecule has 1 fully saturated rings. The molecule has 1 rings (SSSR count). The van der Waals surface area contributed by atoms with Crippen molar-refractivity contribution in [2.24, 2.45) is 0 Å². The van der Waals surface area contributed by atoms with E-state index >= 15 is 0 Å². The lowest BCUT2D eigenvalue weighted by atomic mass is 9.99. The molecule has 0 bridgehead atoms. The molecule has 266 valence electrons. The Hall–Kier alpha value is -2.08. The van der Waals surface area contributed by atoms with Gasteiger partial charge in [-0.1, -0.05) is 88.8 Å². The SMILES string of the molecule is CC/C=C\C/C=C\CCCCCCCC(=O)O[C@H](COC(=O)CCCCCCC/C=C/CC)CO[C@@H]1O[C@H](CO)[C@H](O)[C@H](O)[C@H]1O. The van der Waals surface area contributed by atoms with Gasteiger partial charge in [-0.05, 0) is 57.8 Å². The van der Waals surface area contributed by atoms with Gasteiger partial charge in [-0.2, -0.15) is 0 Å². The van der Waals surface area contributed by atoms with Crippen molar-refractivity contribution in [3.05, 3.63) is 36.5 Å². The van der Waals surface area contributed by atoms with Crippen LogP contribution in [0.1, 0.15) is 123 Å². The van der Waals surface area contributed by atoms with Gasteiger partial charge in [0.05, 0.1) is 13.2 Å². The molecule has 4 N–H and O–H groups in total. The first-order valence-electron chi connectivity index (χ1n) is 17.6. The van der Waals surface area contributed by atoms with Crippen molar-refractivity contribution in [1.29, 1.82) is 0 Å². The van der Waals surface area contributed by atoms with Crippen LogP contribution >= 0.6 is 0 Å². The highest BCUT2D eigenvalue weighted by Crippen LogP contribution is 2.22. The lowest BCUT2D eigenvalue weighted by Gasteiger charge is -2.39. The number of rotatable bonds is 27. The molecule has 46 heavy (non-hydrogen) atoms. The van der Waals surface area contributed by atoms with Gasteiger partial charge in [0.2, 0.25) is 0 Å². The zero-order chi connectivity index (χ0) is 33.8. The summed E-state index contributed by atoms with van der Waals surface area (Å²) in [7, 11) is 0. The van der Waals surface area contributed by atoms with E-state index < -0.39 is 55.4 Å². The van der Waals surface area contributed by atoms with E-state index in [4.69, 9.17) is 18.9 Å². The summed E-state index contributed by atoms with van der Waals surface area (Å²) >= 11 is 0. The number of ether oxygens (including phenoxy) is 4. The van der Waals surface area contributed by atoms with E-state index in [2.05, 4.69) is 50.3 Å². The third-order valence-electron chi connectivity index (χ3n) is 7.77. The largest absolute Gasteiger partial charge is 0.462 e. The van der Waals surface area contributed by atoms with E-state index in [1.807, 2.05) is 0 Å². The van der Waals surface area contributed by atoms with Crippen LogP contribution in [0.25, 0.3) is 0 Å². The fourth-order valence-corrected chi connectivity index (χ4v) is 4.99. The van der Waals surface area contributed by atoms with Crippen LogP contribution in [0.2, 0.25) is 0 Å². The standard InChI is InChI=1S/C36H62O10/c1-3-5-7-9-11-13-14-15-17-19-21-23-25-32(39)45-29(28-44-36-35(42)34(41)33(40)30(26-37)46-36)27-43-31(38)24-22-20-18-16-12-10-8-6-4-2/h5-8,11,13,29-30,33-37,40-42H,3-4,9-10,12,14-28H2,1-2H3/b7-5-,8-6+,13-11-/t29-,30-,33+,34+,35-,36-/m1/s1. The highest BCUT2D eigenvalue weighted by Gasteiger charge is 2.44. The molecule has 0 radical (unpaired) electrons. The molecule has 0 amide bonds. The van der Waals surface area contributed by atoms with Crippen LogP contribution in [0, 0.1) is 0 Å². The molecule has 1 aliphatic heterocycles. The maximum absolute atomic E-state index is 12.6. The molecule has 0 aliphatic carbocycles. The van der Waals surface area contributed by atoms with Crippen LogP contribution in [-0.4, -0.2) is 89.0 Å². The predicted octanol–water partition coefficient (Wildman–Crippen LogP) is 5.60.